The van der Waals surface area contributed by atoms with Crippen molar-refractivity contribution < 1.29 is 17.6 Å². The quantitative estimate of drug-likeness (QED) is 0.509. The lowest BCUT2D eigenvalue weighted by Crippen LogP contribution is -2.50. The summed E-state index contributed by atoms with van der Waals surface area (Å²) in [5, 5.41) is 2.80. The number of fused-ring (bicyclic) bond motifs is 1. The van der Waals surface area contributed by atoms with Gasteiger partial charge in [0.25, 0.3) is 0 Å². The van der Waals surface area contributed by atoms with Gasteiger partial charge in [-0.15, -0.1) is 0 Å². The van der Waals surface area contributed by atoms with Crippen molar-refractivity contribution >= 4 is 44.2 Å². The summed E-state index contributed by atoms with van der Waals surface area (Å²) in [6, 6.07) is 18.8. The molecule has 8 heteroatoms. The second-order valence-electron chi connectivity index (χ2n) is 6.97. The van der Waals surface area contributed by atoms with E-state index < -0.39 is 32.7 Å². The van der Waals surface area contributed by atoms with E-state index in [1.165, 1.54) is 18.2 Å². The highest BCUT2D eigenvalue weighted by Gasteiger charge is 2.40. The third kappa shape index (κ3) is 4.12. The normalized spacial score (nSPS) is 16.7. The van der Waals surface area contributed by atoms with Gasteiger partial charge in [0.1, 0.15) is 16.8 Å². The van der Waals surface area contributed by atoms with Crippen molar-refractivity contribution in [1.29, 1.82) is 0 Å². The van der Waals surface area contributed by atoms with E-state index in [0.29, 0.717) is 5.69 Å². The predicted octanol–water partition coefficient (Wildman–Crippen LogP) is 4.18. The number of amides is 1. The van der Waals surface area contributed by atoms with Gasteiger partial charge in [0.2, 0.25) is 15.9 Å². The van der Waals surface area contributed by atoms with E-state index in [1.807, 2.05) is 36.4 Å². The van der Waals surface area contributed by atoms with E-state index in [0.717, 1.165) is 25.1 Å². The van der Waals surface area contributed by atoms with Crippen molar-refractivity contribution in [3.05, 3.63) is 93.3 Å². The maximum Gasteiger partial charge on any atom is 0.247 e. The Kier molecular flexibility index (Phi) is 5.90. The largest absolute Gasteiger partial charge is 0.325 e. The zero-order valence-corrected chi connectivity index (χ0v) is 18.7. The molecule has 4 rings (SSSR count). The first-order chi connectivity index (χ1) is 14.4. The Bertz CT molecular complexity index is 1200. The van der Waals surface area contributed by atoms with E-state index >= 15 is 0 Å². The molecule has 3 aromatic rings. The first-order valence-electron chi connectivity index (χ1n) is 9.26. The fourth-order valence-corrected chi connectivity index (χ4v) is 5.51. The maximum absolute atomic E-state index is 14.3. The standard InChI is InChI=1S/C22H18FIN2O3S/c23-19-7-3-4-8-21(19)30(28,29)26-14-16-6-2-1-5-15(16)13-20(26)22(27)25-18-11-9-17(24)10-12-18/h1-12,20H,13-14H2,(H,25,27). The Balaban J connectivity index is 1.73. The van der Waals surface area contributed by atoms with Gasteiger partial charge in [0.05, 0.1) is 0 Å². The molecule has 0 fully saturated rings. The molecule has 0 saturated heterocycles. The minimum Gasteiger partial charge on any atom is -0.325 e. The van der Waals surface area contributed by atoms with Crippen LogP contribution in [-0.2, 0) is 27.8 Å². The first kappa shape index (κ1) is 21.0. The number of anilines is 1. The molecular weight excluding hydrogens is 518 g/mol. The third-order valence-electron chi connectivity index (χ3n) is 5.04. The summed E-state index contributed by atoms with van der Waals surface area (Å²) in [6.45, 7) is -0.00237. The van der Waals surface area contributed by atoms with Gasteiger partial charge in [-0.2, -0.15) is 4.31 Å². The summed E-state index contributed by atoms with van der Waals surface area (Å²) >= 11 is 2.16. The molecule has 1 N–H and O–H groups in total. The van der Waals surface area contributed by atoms with Crippen LogP contribution in [0.25, 0.3) is 0 Å². The van der Waals surface area contributed by atoms with Crippen LogP contribution in [0.15, 0.2) is 77.7 Å². The highest BCUT2D eigenvalue weighted by atomic mass is 127. The molecule has 154 valence electrons. The number of carbonyl (C=O) groups is 1. The Morgan fingerprint density at radius 2 is 1.60 bits per heavy atom. The van der Waals surface area contributed by atoms with Gasteiger partial charge >= 0.3 is 0 Å². The molecule has 1 amide bonds. The fraction of sp³-hybridized carbons (Fsp3) is 0.136. The number of hydrogen-bond acceptors (Lipinski definition) is 3. The monoisotopic (exact) mass is 536 g/mol. The Hall–Kier alpha value is -2.30. The van der Waals surface area contributed by atoms with Crippen molar-refractivity contribution in [2.75, 3.05) is 5.32 Å². The molecule has 0 saturated carbocycles. The molecule has 1 aliphatic heterocycles. The first-order valence-corrected chi connectivity index (χ1v) is 11.8. The van der Waals surface area contributed by atoms with E-state index in [1.54, 1.807) is 12.1 Å². The summed E-state index contributed by atoms with van der Waals surface area (Å²) in [5.74, 6) is -1.29. The predicted molar refractivity (Wildman–Crippen MR) is 121 cm³/mol. The van der Waals surface area contributed by atoms with E-state index in [2.05, 4.69) is 27.9 Å². The minimum absolute atomic E-state index is 0.00237. The van der Waals surface area contributed by atoms with Crippen LogP contribution in [0.4, 0.5) is 10.1 Å². The third-order valence-corrected chi connectivity index (χ3v) is 7.65. The molecule has 0 spiro atoms. The SMILES string of the molecule is O=C(Nc1ccc(I)cc1)C1Cc2ccccc2CN1S(=O)(=O)c1ccccc1F. The molecule has 1 aliphatic rings. The van der Waals surface area contributed by atoms with Crippen molar-refractivity contribution in [1.82, 2.24) is 4.31 Å². The minimum atomic E-state index is -4.23. The molecule has 5 nitrogen and oxygen atoms in total. The van der Waals surface area contributed by atoms with Crippen LogP contribution in [0.2, 0.25) is 0 Å². The summed E-state index contributed by atoms with van der Waals surface area (Å²) in [5.41, 5.74) is 2.28. The molecule has 1 unspecified atom stereocenters. The van der Waals surface area contributed by atoms with Crippen molar-refractivity contribution in [2.45, 2.75) is 23.9 Å². The second-order valence-corrected chi connectivity index (χ2v) is 10.1. The van der Waals surface area contributed by atoms with Crippen LogP contribution < -0.4 is 5.32 Å². The fourth-order valence-electron chi connectivity index (χ4n) is 3.51. The van der Waals surface area contributed by atoms with Gasteiger partial charge in [-0.1, -0.05) is 36.4 Å². The number of benzene rings is 3. The number of sulfonamides is 1. The zero-order chi connectivity index (χ0) is 21.3. The summed E-state index contributed by atoms with van der Waals surface area (Å²) < 4.78 is 43.1. The van der Waals surface area contributed by atoms with Crippen LogP contribution in [-0.4, -0.2) is 24.7 Å². The van der Waals surface area contributed by atoms with Gasteiger partial charge in [0.15, 0.2) is 0 Å². The molecule has 30 heavy (non-hydrogen) atoms. The Labute approximate surface area is 188 Å². The molecule has 3 aromatic carbocycles. The summed E-state index contributed by atoms with van der Waals surface area (Å²) in [7, 11) is -4.23. The van der Waals surface area contributed by atoms with Gasteiger partial charge in [-0.25, -0.2) is 12.8 Å². The number of nitrogens with one attached hydrogen (secondary N) is 1. The van der Waals surface area contributed by atoms with Crippen molar-refractivity contribution in [2.24, 2.45) is 0 Å². The Morgan fingerprint density at radius 1 is 0.967 bits per heavy atom. The highest BCUT2D eigenvalue weighted by Crippen LogP contribution is 2.30. The number of rotatable bonds is 4. The van der Waals surface area contributed by atoms with E-state index in [-0.39, 0.29) is 13.0 Å². The Morgan fingerprint density at radius 3 is 2.30 bits per heavy atom. The molecule has 0 radical (unpaired) electrons. The average Bonchev–Trinajstić information content (AvgIpc) is 2.74. The molecule has 0 aliphatic carbocycles. The molecule has 1 heterocycles. The molecule has 1 atom stereocenters. The van der Waals surface area contributed by atoms with Crippen LogP contribution >= 0.6 is 22.6 Å². The van der Waals surface area contributed by atoms with Crippen LogP contribution in [0.5, 0.6) is 0 Å². The highest BCUT2D eigenvalue weighted by molar-refractivity contribution is 14.1. The summed E-state index contributed by atoms with van der Waals surface area (Å²) in [4.78, 5) is 12.7. The van der Waals surface area contributed by atoms with Gasteiger partial charge in [-0.3, -0.25) is 4.79 Å². The maximum atomic E-state index is 14.3. The van der Waals surface area contributed by atoms with Gasteiger partial charge in [0, 0.05) is 15.8 Å². The summed E-state index contributed by atoms with van der Waals surface area (Å²) in [6.07, 6.45) is 0.208. The number of nitrogens with zero attached hydrogens (tertiary/aromatic N) is 1. The topological polar surface area (TPSA) is 66.5 Å². The number of carbonyl (C=O) groups excluding carboxylic acids is 1. The van der Waals surface area contributed by atoms with Gasteiger partial charge in [-0.05, 0) is 76.5 Å². The lowest BCUT2D eigenvalue weighted by molar-refractivity contribution is -0.120. The zero-order valence-electron chi connectivity index (χ0n) is 15.8. The van der Waals surface area contributed by atoms with E-state index in [4.69, 9.17) is 0 Å². The molecule has 0 aromatic heterocycles. The van der Waals surface area contributed by atoms with Gasteiger partial charge < -0.3 is 5.32 Å². The lowest BCUT2D eigenvalue weighted by Gasteiger charge is -2.35. The smallest absolute Gasteiger partial charge is 0.247 e. The molecule has 0 bridgehead atoms. The number of halogens is 2. The van der Waals surface area contributed by atoms with Crippen LogP contribution in [0.1, 0.15) is 11.1 Å². The second kappa shape index (κ2) is 8.44. The van der Waals surface area contributed by atoms with Crippen molar-refractivity contribution in [3.63, 3.8) is 0 Å². The van der Waals surface area contributed by atoms with Crippen LogP contribution in [0.3, 0.4) is 0 Å². The number of hydrogen-bond donors (Lipinski definition) is 1. The van der Waals surface area contributed by atoms with E-state index in [9.17, 15) is 17.6 Å². The lowest BCUT2D eigenvalue weighted by atomic mass is 9.95. The molecular formula is C22H18FIN2O3S. The van der Waals surface area contributed by atoms with Crippen LogP contribution in [0, 0.1) is 9.39 Å². The van der Waals surface area contributed by atoms with Crippen molar-refractivity contribution in [3.8, 4) is 0 Å². The average molecular weight is 536 g/mol.